The van der Waals surface area contributed by atoms with E-state index in [0.717, 1.165) is 25.7 Å². The zero-order chi connectivity index (χ0) is 13.6. The van der Waals surface area contributed by atoms with E-state index in [9.17, 15) is 10.1 Å². The molecule has 0 bridgehead atoms. The maximum atomic E-state index is 10.9. The molecule has 4 nitrogen and oxygen atoms in total. The molecular formula is C14H22N2O2. The van der Waals surface area contributed by atoms with Crippen LogP contribution in [0.5, 0.6) is 0 Å². The van der Waals surface area contributed by atoms with Crippen molar-refractivity contribution in [1.29, 1.82) is 5.26 Å². The second-order valence-electron chi connectivity index (χ2n) is 7.07. The van der Waals surface area contributed by atoms with Crippen molar-refractivity contribution in [3.63, 3.8) is 0 Å². The average Bonchev–Trinajstić information content (AvgIpc) is 2.23. The number of amides is 1. The molecule has 18 heavy (non-hydrogen) atoms. The topological polar surface area (TPSA) is 64.3 Å². The Morgan fingerprint density at radius 2 is 1.78 bits per heavy atom. The second kappa shape index (κ2) is 3.88. The predicted octanol–water partition coefficient (Wildman–Crippen LogP) is 3.10. The van der Waals surface area contributed by atoms with Gasteiger partial charge in [0.25, 0.3) is 0 Å². The normalized spacial score (nSPS) is 25.3. The van der Waals surface area contributed by atoms with Gasteiger partial charge < -0.3 is 10.0 Å². The molecule has 0 aromatic carbocycles. The van der Waals surface area contributed by atoms with Gasteiger partial charge in [0, 0.05) is 13.1 Å². The van der Waals surface area contributed by atoms with Crippen LogP contribution in [-0.2, 0) is 0 Å². The Bertz CT molecular complexity index is 387. The summed E-state index contributed by atoms with van der Waals surface area (Å²) >= 11 is 0. The van der Waals surface area contributed by atoms with Crippen LogP contribution in [0.15, 0.2) is 0 Å². The third-order valence-electron chi connectivity index (χ3n) is 5.10. The van der Waals surface area contributed by atoms with Crippen LogP contribution in [0.1, 0.15) is 46.5 Å². The SMILES string of the molecule is CC(C)(C)C1(C#N)CC2(CCN(C(=O)O)CC2)C1. The lowest BCUT2D eigenvalue weighted by molar-refractivity contribution is -0.0992. The first-order valence-electron chi connectivity index (χ1n) is 6.63. The van der Waals surface area contributed by atoms with Crippen LogP contribution < -0.4 is 0 Å². The van der Waals surface area contributed by atoms with Crippen molar-refractivity contribution < 1.29 is 9.90 Å². The van der Waals surface area contributed by atoms with Gasteiger partial charge in [-0.05, 0) is 36.5 Å². The molecule has 1 aliphatic heterocycles. The smallest absolute Gasteiger partial charge is 0.407 e. The van der Waals surface area contributed by atoms with Crippen LogP contribution in [0.25, 0.3) is 0 Å². The van der Waals surface area contributed by atoms with Crippen molar-refractivity contribution in [1.82, 2.24) is 4.90 Å². The third-order valence-corrected chi connectivity index (χ3v) is 5.10. The first-order chi connectivity index (χ1) is 8.24. The molecule has 1 saturated carbocycles. The number of nitrogens with zero attached hydrogens (tertiary/aromatic N) is 2. The number of carboxylic acid groups (broad SMARTS) is 1. The van der Waals surface area contributed by atoms with Crippen molar-refractivity contribution in [3.8, 4) is 6.07 Å². The van der Waals surface area contributed by atoms with Crippen LogP contribution >= 0.6 is 0 Å². The van der Waals surface area contributed by atoms with Gasteiger partial charge in [-0.25, -0.2) is 4.79 Å². The molecule has 1 amide bonds. The van der Waals surface area contributed by atoms with E-state index < -0.39 is 6.09 Å². The summed E-state index contributed by atoms with van der Waals surface area (Å²) < 4.78 is 0. The molecule has 0 aromatic heterocycles. The third kappa shape index (κ3) is 1.86. The number of nitriles is 1. The number of hydrogen-bond acceptors (Lipinski definition) is 2. The summed E-state index contributed by atoms with van der Waals surface area (Å²) in [5, 5.41) is 18.4. The van der Waals surface area contributed by atoms with Crippen LogP contribution in [0.3, 0.4) is 0 Å². The molecule has 0 atom stereocenters. The van der Waals surface area contributed by atoms with Gasteiger partial charge in [0.05, 0.1) is 11.5 Å². The highest BCUT2D eigenvalue weighted by atomic mass is 16.4. The first kappa shape index (κ1) is 13.2. The molecule has 1 spiro atoms. The van der Waals surface area contributed by atoms with Crippen LogP contribution in [0, 0.1) is 27.6 Å². The summed E-state index contributed by atoms with van der Waals surface area (Å²) in [4.78, 5) is 12.4. The van der Waals surface area contributed by atoms with E-state index in [-0.39, 0.29) is 16.2 Å². The van der Waals surface area contributed by atoms with E-state index in [1.165, 1.54) is 4.90 Å². The van der Waals surface area contributed by atoms with E-state index in [1.807, 2.05) is 0 Å². The van der Waals surface area contributed by atoms with E-state index in [1.54, 1.807) is 0 Å². The van der Waals surface area contributed by atoms with Gasteiger partial charge in [0.15, 0.2) is 0 Å². The average molecular weight is 250 g/mol. The van der Waals surface area contributed by atoms with Gasteiger partial charge in [-0.2, -0.15) is 5.26 Å². The van der Waals surface area contributed by atoms with E-state index >= 15 is 0 Å². The van der Waals surface area contributed by atoms with Crippen LogP contribution in [-0.4, -0.2) is 29.2 Å². The molecule has 0 aromatic rings. The minimum Gasteiger partial charge on any atom is -0.465 e. The molecule has 0 radical (unpaired) electrons. The highest BCUT2D eigenvalue weighted by Crippen LogP contribution is 2.65. The van der Waals surface area contributed by atoms with E-state index in [0.29, 0.717) is 13.1 Å². The molecule has 2 rings (SSSR count). The van der Waals surface area contributed by atoms with Gasteiger partial charge in [-0.15, -0.1) is 0 Å². The summed E-state index contributed by atoms with van der Waals surface area (Å²) in [6, 6.07) is 2.53. The highest BCUT2D eigenvalue weighted by Gasteiger charge is 2.60. The van der Waals surface area contributed by atoms with Gasteiger partial charge in [-0.3, -0.25) is 0 Å². The minimum atomic E-state index is -0.813. The fourth-order valence-corrected chi connectivity index (χ4v) is 3.53. The Hall–Kier alpha value is -1.24. The monoisotopic (exact) mass is 250 g/mol. The molecule has 1 heterocycles. The van der Waals surface area contributed by atoms with Crippen LogP contribution in [0.4, 0.5) is 4.79 Å². The van der Waals surface area contributed by atoms with Crippen molar-refractivity contribution in [2.24, 2.45) is 16.2 Å². The Labute approximate surface area is 109 Å². The Kier molecular flexibility index (Phi) is 2.84. The largest absolute Gasteiger partial charge is 0.465 e. The summed E-state index contributed by atoms with van der Waals surface area (Å²) in [7, 11) is 0. The summed E-state index contributed by atoms with van der Waals surface area (Å²) in [5.74, 6) is 0. The lowest BCUT2D eigenvalue weighted by atomic mass is 9.43. The molecule has 100 valence electrons. The van der Waals surface area contributed by atoms with Crippen LogP contribution in [0.2, 0.25) is 0 Å². The zero-order valence-corrected chi connectivity index (χ0v) is 11.5. The van der Waals surface area contributed by atoms with E-state index in [4.69, 9.17) is 5.11 Å². The first-order valence-corrected chi connectivity index (χ1v) is 6.63. The minimum absolute atomic E-state index is 0.0108. The lowest BCUT2D eigenvalue weighted by Crippen LogP contribution is -2.56. The maximum Gasteiger partial charge on any atom is 0.407 e. The number of rotatable bonds is 0. The number of piperidine rings is 1. The Morgan fingerprint density at radius 3 is 2.11 bits per heavy atom. The Morgan fingerprint density at radius 1 is 1.28 bits per heavy atom. The molecular weight excluding hydrogens is 228 g/mol. The van der Waals surface area contributed by atoms with Gasteiger partial charge in [-0.1, -0.05) is 20.8 Å². The molecule has 0 unspecified atom stereocenters. The van der Waals surface area contributed by atoms with Gasteiger partial charge >= 0.3 is 6.09 Å². The van der Waals surface area contributed by atoms with E-state index in [2.05, 4.69) is 26.8 Å². The fraction of sp³-hybridized carbons (Fsp3) is 0.857. The summed E-state index contributed by atoms with van der Waals surface area (Å²) in [6.07, 6.45) is 2.89. The molecule has 4 heteroatoms. The van der Waals surface area contributed by atoms with Crippen molar-refractivity contribution in [3.05, 3.63) is 0 Å². The van der Waals surface area contributed by atoms with Crippen molar-refractivity contribution >= 4 is 6.09 Å². The van der Waals surface area contributed by atoms with Crippen molar-refractivity contribution in [2.75, 3.05) is 13.1 Å². The second-order valence-corrected chi connectivity index (χ2v) is 7.07. The number of carbonyl (C=O) groups is 1. The van der Waals surface area contributed by atoms with Gasteiger partial charge in [0.1, 0.15) is 0 Å². The highest BCUT2D eigenvalue weighted by molar-refractivity contribution is 5.65. The quantitative estimate of drug-likeness (QED) is 0.718. The Balaban J connectivity index is 2.01. The standard InChI is InChI=1S/C14H22N2O2/c1-12(2,3)14(10-15)8-13(9-14)4-6-16(7-5-13)11(17)18/h4-9H2,1-3H3,(H,17,18). The molecule has 1 aliphatic carbocycles. The molecule has 1 saturated heterocycles. The lowest BCUT2D eigenvalue weighted by Gasteiger charge is -2.60. The molecule has 2 fully saturated rings. The zero-order valence-electron chi connectivity index (χ0n) is 11.5. The predicted molar refractivity (Wildman–Crippen MR) is 68.0 cm³/mol. The fourth-order valence-electron chi connectivity index (χ4n) is 3.53. The van der Waals surface area contributed by atoms with Gasteiger partial charge in [0.2, 0.25) is 0 Å². The maximum absolute atomic E-state index is 10.9. The summed E-state index contributed by atoms with van der Waals surface area (Å²) in [5.41, 5.74) is 0.0320. The molecule has 2 aliphatic rings. The number of likely N-dealkylation sites (tertiary alicyclic amines) is 1. The van der Waals surface area contributed by atoms with Crippen molar-refractivity contribution in [2.45, 2.75) is 46.5 Å². The summed E-state index contributed by atoms with van der Waals surface area (Å²) in [6.45, 7) is 7.66. The number of hydrogen-bond donors (Lipinski definition) is 1. The molecule has 1 N–H and O–H groups in total.